The number of benzene rings is 2. The highest BCUT2D eigenvalue weighted by atomic mass is 32.2. The molecule has 2 aromatic carbocycles. The maximum Gasteiger partial charge on any atom is 0.264 e. The third-order valence-electron chi connectivity index (χ3n) is 5.60. The van der Waals surface area contributed by atoms with Crippen molar-refractivity contribution in [3.63, 3.8) is 0 Å². The standard InChI is InChI=1S/C31H40O9S/c1-6-8-13-38-29-20-24(3)28(37-14-9-19-41(32,33)34)21-26(29)11-12-27-23-30(39-17-15-35-4)25(10-7-2)22-31(27)40-18-16-36-5/h20-23H,6,8-9,13-19H2,1-5H3,(H,32,33,34). The highest BCUT2D eigenvalue weighted by Crippen LogP contribution is 2.31. The molecule has 0 atom stereocenters. The molecule has 0 bridgehead atoms. The summed E-state index contributed by atoms with van der Waals surface area (Å²) >= 11 is 0. The molecule has 0 aliphatic heterocycles. The van der Waals surface area contributed by atoms with Gasteiger partial charge in [-0.15, -0.1) is 5.92 Å². The Kier molecular flexibility index (Phi) is 14.9. The molecule has 9 nitrogen and oxygen atoms in total. The number of rotatable bonds is 17. The Morgan fingerprint density at radius 1 is 0.683 bits per heavy atom. The van der Waals surface area contributed by atoms with Crippen LogP contribution in [0.1, 0.15) is 55.4 Å². The van der Waals surface area contributed by atoms with Crippen LogP contribution in [0, 0.1) is 30.6 Å². The van der Waals surface area contributed by atoms with E-state index in [0.717, 1.165) is 18.4 Å². The van der Waals surface area contributed by atoms with Crippen molar-refractivity contribution >= 4 is 10.1 Å². The van der Waals surface area contributed by atoms with Gasteiger partial charge in [0.15, 0.2) is 0 Å². The van der Waals surface area contributed by atoms with E-state index in [1.54, 1.807) is 39.3 Å². The van der Waals surface area contributed by atoms with Gasteiger partial charge in [0.05, 0.1) is 48.9 Å². The summed E-state index contributed by atoms with van der Waals surface area (Å²) in [7, 11) is -0.847. The van der Waals surface area contributed by atoms with Crippen molar-refractivity contribution in [3.8, 4) is 46.7 Å². The lowest BCUT2D eigenvalue weighted by molar-refractivity contribution is 0.144. The zero-order valence-electron chi connectivity index (χ0n) is 24.5. The van der Waals surface area contributed by atoms with Gasteiger partial charge in [0.1, 0.15) is 36.2 Å². The predicted octanol–water partition coefficient (Wildman–Crippen LogP) is 4.65. The molecule has 0 radical (unpaired) electrons. The average Bonchev–Trinajstić information content (AvgIpc) is 2.92. The molecule has 0 aliphatic carbocycles. The van der Waals surface area contributed by atoms with Gasteiger partial charge in [-0.25, -0.2) is 0 Å². The van der Waals surface area contributed by atoms with Crippen molar-refractivity contribution in [3.05, 3.63) is 46.5 Å². The summed E-state index contributed by atoms with van der Waals surface area (Å²) in [4.78, 5) is 0. The van der Waals surface area contributed by atoms with Crippen molar-refractivity contribution in [2.75, 3.05) is 59.6 Å². The van der Waals surface area contributed by atoms with E-state index >= 15 is 0 Å². The summed E-state index contributed by atoms with van der Waals surface area (Å²) in [5, 5.41) is 0. The van der Waals surface area contributed by atoms with Crippen molar-refractivity contribution in [1.29, 1.82) is 0 Å². The zero-order chi connectivity index (χ0) is 30.1. The van der Waals surface area contributed by atoms with Crippen LogP contribution in [0.15, 0.2) is 24.3 Å². The van der Waals surface area contributed by atoms with Crippen LogP contribution >= 0.6 is 0 Å². The van der Waals surface area contributed by atoms with Gasteiger partial charge < -0.3 is 28.4 Å². The third-order valence-corrected chi connectivity index (χ3v) is 6.40. The van der Waals surface area contributed by atoms with Gasteiger partial charge in [-0.2, -0.15) is 8.42 Å². The number of unbranched alkanes of at least 4 members (excludes halogenated alkanes) is 1. The lowest BCUT2D eigenvalue weighted by Crippen LogP contribution is -2.09. The Morgan fingerprint density at radius 3 is 1.66 bits per heavy atom. The molecule has 1 N–H and O–H groups in total. The van der Waals surface area contributed by atoms with Crippen LogP contribution in [0.5, 0.6) is 23.0 Å². The van der Waals surface area contributed by atoms with Gasteiger partial charge in [0.2, 0.25) is 0 Å². The van der Waals surface area contributed by atoms with E-state index in [4.69, 9.17) is 33.0 Å². The summed E-state index contributed by atoms with van der Waals surface area (Å²) in [6, 6.07) is 7.22. The normalized spacial score (nSPS) is 10.7. The van der Waals surface area contributed by atoms with Crippen LogP contribution in [0.3, 0.4) is 0 Å². The molecular formula is C31H40O9S. The minimum absolute atomic E-state index is 0.114. The second-order valence-electron chi connectivity index (χ2n) is 8.96. The molecule has 0 unspecified atom stereocenters. The molecule has 10 heteroatoms. The second-order valence-corrected chi connectivity index (χ2v) is 10.5. The van der Waals surface area contributed by atoms with Gasteiger partial charge in [0.25, 0.3) is 10.1 Å². The fraction of sp³-hybridized carbons (Fsp3) is 0.484. The molecule has 0 heterocycles. The van der Waals surface area contributed by atoms with Crippen LogP contribution in [0.2, 0.25) is 0 Å². The highest BCUT2D eigenvalue weighted by molar-refractivity contribution is 7.85. The van der Waals surface area contributed by atoms with E-state index in [1.807, 2.05) is 13.0 Å². The summed E-state index contributed by atoms with van der Waals surface area (Å²) in [6.45, 7) is 7.85. The fourth-order valence-electron chi connectivity index (χ4n) is 3.52. The smallest absolute Gasteiger partial charge is 0.264 e. The highest BCUT2D eigenvalue weighted by Gasteiger charge is 2.13. The molecular weight excluding hydrogens is 548 g/mol. The lowest BCUT2D eigenvalue weighted by atomic mass is 10.1. The van der Waals surface area contributed by atoms with Gasteiger partial charge in [-0.3, -0.25) is 4.55 Å². The Balaban J connectivity index is 2.52. The molecule has 0 saturated heterocycles. The Morgan fingerprint density at radius 2 is 1.15 bits per heavy atom. The Hall–Kier alpha value is -3.41. The van der Waals surface area contributed by atoms with Crippen LogP contribution in [0.4, 0.5) is 0 Å². The molecule has 0 amide bonds. The summed E-state index contributed by atoms with van der Waals surface area (Å²) < 4.78 is 65.1. The Bertz CT molecular complexity index is 1350. The number of hydrogen-bond acceptors (Lipinski definition) is 8. The monoisotopic (exact) mass is 588 g/mol. The van der Waals surface area contributed by atoms with Crippen molar-refractivity contribution in [2.24, 2.45) is 0 Å². The topological polar surface area (TPSA) is 110 Å². The summed E-state index contributed by atoms with van der Waals surface area (Å²) in [5.41, 5.74) is 2.67. The minimum atomic E-state index is -4.05. The van der Waals surface area contributed by atoms with Gasteiger partial charge >= 0.3 is 0 Å². The molecule has 0 aliphatic rings. The first-order chi connectivity index (χ1) is 19.7. The molecule has 2 rings (SSSR count). The van der Waals surface area contributed by atoms with Crippen molar-refractivity contribution in [2.45, 2.75) is 40.0 Å². The van der Waals surface area contributed by atoms with Crippen LogP contribution < -0.4 is 18.9 Å². The molecule has 2 aromatic rings. The van der Waals surface area contributed by atoms with E-state index in [-0.39, 0.29) is 18.8 Å². The Labute approximate surface area is 244 Å². The molecule has 0 aromatic heterocycles. The first-order valence-electron chi connectivity index (χ1n) is 13.4. The number of aryl methyl sites for hydroxylation is 1. The molecule has 0 spiro atoms. The maximum absolute atomic E-state index is 11.0. The molecule has 0 fully saturated rings. The lowest BCUT2D eigenvalue weighted by Gasteiger charge is -2.14. The molecule has 224 valence electrons. The van der Waals surface area contributed by atoms with E-state index < -0.39 is 10.1 Å². The molecule has 41 heavy (non-hydrogen) atoms. The first-order valence-corrected chi connectivity index (χ1v) is 15.0. The van der Waals surface area contributed by atoms with Gasteiger partial charge in [-0.05, 0) is 44.4 Å². The zero-order valence-corrected chi connectivity index (χ0v) is 25.3. The maximum atomic E-state index is 11.0. The van der Waals surface area contributed by atoms with Crippen molar-refractivity contribution in [1.82, 2.24) is 0 Å². The quantitative estimate of drug-likeness (QED) is 0.160. The first kappa shape index (κ1) is 33.8. The second kappa shape index (κ2) is 18.1. The summed E-state index contributed by atoms with van der Waals surface area (Å²) in [5.74, 6) is 14.2. The number of methoxy groups -OCH3 is 2. The van der Waals surface area contributed by atoms with Crippen LogP contribution in [0.25, 0.3) is 0 Å². The van der Waals surface area contributed by atoms with Crippen LogP contribution in [-0.2, 0) is 19.6 Å². The van der Waals surface area contributed by atoms with Gasteiger partial charge in [-0.1, -0.05) is 31.1 Å². The molecule has 0 saturated carbocycles. The predicted molar refractivity (Wildman–Crippen MR) is 158 cm³/mol. The van der Waals surface area contributed by atoms with Crippen LogP contribution in [-0.4, -0.2) is 72.6 Å². The van der Waals surface area contributed by atoms with Gasteiger partial charge in [0, 0.05) is 26.4 Å². The largest absolute Gasteiger partial charge is 0.493 e. The van der Waals surface area contributed by atoms with E-state index in [2.05, 4.69) is 30.6 Å². The van der Waals surface area contributed by atoms with E-state index in [1.165, 1.54) is 0 Å². The van der Waals surface area contributed by atoms with E-state index in [0.29, 0.717) is 72.7 Å². The SMILES string of the molecule is CC#Cc1cc(OCCOC)c(C#Cc2cc(OCCCS(=O)(=O)O)c(C)cc2OCCCC)cc1OCCOC. The van der Waals surface area contributed by atoms with E-state index in [9.17, 15) is 8.42 Å². The fourth-order valence-corrected chi connectivity index (χ4v) is 4.00. The average molecular weight is 589 g/mol. The summed E-state index contributed by atoms with van der Waals surface area (Å²) in [6.07, 6.45) is 2.02. The number of hydrogen-bond donors (Lipinski definition) is 1. The minimum Gasteiger partial charge on any atom is -0.493 e. The van der Waals surface area contributed by atoms with Crippen molar-refractivity contribution < 1.29 is 41.4 Å². The number of ether oxygens (including phenoxy) is 6. The third kappa shape index (κ3) is 12.3.